The minimum Gasteiger partial charge on any atom is -0.387 e. The van der Waals surface area contributed by atoms with Gasteiger partial charge in [0.2, 0.25) is 5.91 Å². The number of likely N-dealkylation sites (N-methyl/N-ethyl adjacent to an activating group) is 1. The molecule has 8 nitrogen and oxygen atoms in total. The topological polar surface area (TPSA) is 105 Å². The highest BCUT2D eigenvalue weighted by atomic mass is 31.2. The van der Waals surface area contributed by atoms with Crippen molar-refractivity contribution in [3.05, 3.63) is 24.3 Å². The van der Waals surface area contributed by atoms with Gasteiger partial charge in [-0.1, -0.05) is 276 Å². The Labute approximate surface area is 417 Å². The highest BCUT2D eigenvalue weighted by Crippen LogP contribution is 2.43. The summed E-state index contributed by atoms with van der Waals surface area (Å²) in [6.45, 7) is 4.84. The van der Waals surface area contributed by atoms with E-state index in [-0.39, 0.29) is 19.1 Å². The van der Waals surface area contributed by atoms with Gasteiger partial charge in [-0.2, -0.15) is 0 Å². The smallest absolute Gasteiger partial charge is 0.387 e. The summed E-state index contributed by atoms with van der Waals surface area (Å²) in [6, 6.07) is -0.860. The summed E-state index contributed by atoms with van der Waals surface area (Å²) in [5.41, 5.74) is 0. The molecule has 1 amide bonds. The number of amides is 1. The molecule has 0 aliphatic carbocycles. The quantitative estimate of drug-likeness (QED) is 0.0243. The average Bonchev–Trinajstić information content (AvgIpc) is 3.29. The number of hydrogen-bond acceptors (Lipinski definition) is 5. The van der Waals surface area contributed by atoms with Crippen LogP contribution < -0.4 is 5.32 Å². The fraction of sp³-hybridized carbons (Fsp3) is 0.914. The van der Waals surface area contributed by atoms with Gasteiger partial charge in [-0.05, 0) is 32.1 Å². The van der Waals surface area contributed by atoms with E-state index in [1.165, 1.54) is 231 Å². The van der Waals surface area contributed by atoms with Gasteiger partial charge in [0.1, 0.15) is 13.2 Å². The minimum absolute atomic E-state index is 0.0588. The fourth-order valence-electron chi connectivity index (χ4n) is 8.83. The number of phosphoric ester groups is 1. The fourth-order valence-corrected chi connectivity index (χ4v) is 9.56. The van der Waals surface area contributed by atoms with Crippen LogP contribution in [-0.4, -0.2) is 73.4 Å². The third-order valence-electron chi connectivity index (χ3n) is 13.4. The van der Waals surface area contributed by atoms with Crippen LogP contribution in [0.15, 0.2) is 24.3 Å². The van der Waals surface area contributed by atoms with Gasteiger partial charge < -0.3 is 19.8 Å². The number of allylic oxidation sites excluding steroid dienone is 3. The molecule has 0 bridgehead atoms. The van der Waals surface area contributed by atoms with Crippen LogP contribution in [0.5, 0.6) is 0 Å². The molecule has 0 aliphatic heterocycles. The van der Waals surface area contributed by atoms with Crippen LogP contribution >= 0.6 is 7.82 Å². The van der Waals surface area contributed by atoms with E-state index in [1.807, 2.05) is 27.2 Å². The lowest BCUT2D eigenvalue weighted by atomic mass is 10.0. The van der Waals surface area contributed by atoms with Crippen molar-refractivity contribution in [1.82, 2.24) is 5.32 Å². The number of carbonyl (C=O) groups is 1. The van der Waals surface area contributed by atoms with Gasteiger partial charge in [0.25, 0.3) is 0 Å². The van der Waals surface area contributed by atoms with Crippen molar-refractivity contribution >= 4 is 13.7 Å². The number of phosphoric acid groups is 1. The molecule has 0 fully saturated rings. The Bertz CT molecular complexity index is 1140. The van der Waals surface area contributed by atoms with Gasteiger partial charge in [-0.25, -0.2) is 4.57 Å². The average molecular weight is 969 g/mol. The van der Waals surface area contributed by atoms with Gasteiger partial charge in [-0.15, -0.1) is 0 Å². The third-order valence-corrected chi connectivity index (χ3v) is 14.4. The van der Waals surface area contributed by atoms with Crippen molar-refractivity contribution in [3.8, 4) is 0 Å². The van der Waals surface area contributed by atoms with E-state index in [2.05, 4.69) is 31.3 Å². The summed E-state index contributed by atoms with van der Waals surface area (Å²) >= 11 is 0. The van der Waals surface area contributed by atoms with Crippen LogP contribution in [-0.2, 0) is 18.4 Å². The van der Waals surface area contributed by atoms with Crippen molar-refractivity contribution in [2.24, 2.45) is 0 Å². The van der Waals surface area contributed by atoms with Gasteiger partial charge in [-0.3, -0.25) is 13.8 Å². The molecule has 398 valence electrons. The zero-order chi connectivity index (χ0) is 49.2. The number of nitrogens with zero attached hydrogens (tertiary/aromatic N) is 1. The lowest BCUT2D eigenvalue weighted by Crippen LogP contribution is -2.45. The zero-order valence-corrected chi connectivity index (χ0v) is 46.3. The van der Waals surface area contributed by atoms with Crippen molar-refractivity contribution in [2.75, 3.05) is 40.9 Å². The lowest BCUT2D eigenvalue weighted by molar-refractivity contribution is -0.870. The number of quaternary nitrogens is 1. The molecule has 0 aromatic carbocycles. The predicted octanol–water partition coefficient (Wildman–Crippen LogP) is 17.6. The number of rotatable bonds is 54. The van der Waals surface area contributed by atoms with E-state index in [1.54, 1.807) is 6.08 Å². The van der Waals surface area contributed by atoms with Gasteiger partial charge in [0, 0.05) is 6.42 Å². The molecule has 3 unspecified atom stereocenters. The highest BCUT2D eigenvalue weighted by Gasteiger charge is 2.27. The molecular weight excluding hydrogens is 852 g/mol. The number of carbonyl (C=O) groups excluding carboxylic acids is 1. The Morgan fingerprint density at radius 3 is 1.19 bits per heavy atom. The third kappa shape index (κ3) is 52.6. The maximum atomic E-state index is 13.0. The number of aliphatic hydroxyl groups excluding tert-OH is 1. The molecule has 0 aromatic rings. The SMILES string of the molecule is CCCCCCCCCCCCCCCCCCCCCCC/C=C/CC/C=C/C(O)C(COP(=O)(O)OCC[N+](C)(C)C)NC(=O)CCCCCCCCCCCCCCCCCCCC. The summed E-state index contributed by atoms with van der Waals surface area (Å²) < 4.78 is 23.7. The summed E-state index contributed by atoms with van der Waals surface area (Å²) in [5.74, 6) is -0.181. The lowest BCUT2D eigenvalue weighted by Gasteiger charge is -2.25. The van der Waals surface area contributed by atoms with Crippen LogP contribution in [0.4, 0.5) is 0 Å². The first-order valence-corrected chi connectivity index (χ1v) is 30.7. The molecule has 0 aliphatic rings. The van der Waals surface area contributed by atoms with E-state index in [4.69, 9.17) is 9.05 Å². The standard InChI is InChI=1S/C58H115N2O6P/c1-6-8-10-12-14-16-18-20-22-24-26-27-28-29-30-31-32-33-34-35-37-39-41-43-45-47-49-51-57(61)56(55-66-67(63,64)65-54-53-60(3,4)5)59-58(62)52-50-48-46-44-42-40-38-36-25-23-21-19-17-15-13-11-9-7-2/h41,43,49,51,56-57,61H,6-40,42,44-48,50,52-55H2,1-5H3,(H-,59,62,63,64)/p+1/b43-41+,51-49+. The molecule has 9 heteroatoms. The van der Waals surface area contributed by atoms with E-state index in [0.717, 1.165) is 38.5 Å². The largest absolute Gasteiger partial charge is 0.472 e. The Kier molecular flexibility index (Phi) is 49.2. The maximum Gasteiger partial charge on any atom is 0.472 e. The number of unbranched alkanes of at least 4 members (excludes halogenated alkanes) is 39. The number of hydrogen-bond donors (Lipinski definition) is 3. The second-order valence-corrected chi connectivity index (χ2v) is 22.8. The summed E-state index contributed by atoms with van der Waals surface area (Å²) in [7, 11) is 1.57. The molecule has 0 aromatic heterocycles. The van der Waals surface area contributed by atoms with Gasteiger partial charge >= 0.3 is 7.82 Å². The van der Waals surface area contributed by atoms with Gasteiger partial charge in [0.05, 0.1) is 39.9 Å². The normalized spacial score (nSPS) is 14.1. The van der Waals surface area contributed by atoms with Crippen LogP contribution in [0.25, 0.3) is 0 Å². The monoisotopic (exact) mass is 968 g/mol. The van der Waals surface area contributed by atoms with Gasteiger partial charge in [0.15, 0.2) is 0 Å². The molecule has 3 atom stereocenters. The summed E-state index contributed by atoms with van der Waals surface area (Å²) in [5, 5.41) is 13.9. The van der Waals surface area contributed by atoms with Crippen molar-refractivity contribution in [3.63, 3.8) is 0 Å². The molecule has 3 N–H and O–H groups in total. The first kappa shape index (κ1) is 66.0. The minimum atomic E-state index is -4.35. The van der Waals surface area contributed by atoms with Crippen LogP contribution in [0.2, 0.25) is 0 Å². The summed E-state index contributed by atoms with van der Waals surface area (Å²) in [6.07, 6.45) is 62.9. The highest BCUT2D eigenvalue weighted by molar-refractivity contribution is 7.47. The predicted molar refractivity (Wildman–Crippen MR) is 291 cm³/mol. The molecule has 67 heavy (non-hydrogen) atoms. The van der Waals surface area contributed by atoms with Crippen molar-refractivity contribution in [2.45, 2.75) is 302 Å². The summed E-state index contributed by atoms with van der Waals surface area (Å²) in [4.78, 5) is 23.3. The van der Waals surface area contributed by atoms with E-state index >= 15 is 0 Å². The number of nitrogens with one attached hydrogen (secondary N) is 1. The van der Waals surface area contributed by atoms with Crippen molar-refractivity contribution < 1.29 is 32.9 Å². The maximum absolute atomic E-state index is 13.0. The molecular formula is C58H116N2O6P+. The Hall–Kier alpha value is -1.02. The zero-order valence-electron chi connectivity index (χ0n) is 45.4. The molecule has 0 saturated heterocycles. The Balaban J connectivity index is 4.20. The first-order valence-electron chi connectivity index (χ1n) is 29.2. The van der Waals surface area contributed by atoms with Crippen LogP contribution in [0.3, 0.4) is 0 Å². The second kappa shape index (κ2) is 49.9. The van der Waals surface area contributed by atoms with Crippen molar-refractivity contribution in [1.29, 1.82) is 0 Å². The van der Waals surface area contributed by atoms with Crippen LogP contribution in [0.1, 0.15) is 290 Å². The molecule has 0 radical (unpaired) electrons. The molecule has 0 spiro atoms. The first-order chi connectivity index (χ1) is 32.5. The molecule has 0 heterocycles. The van der Waals surface area contributed by atoms with E-state index < -0.39 is 20.0 Å². The van der Waals surface area contributed by atoms with E-state index in [9.17, 15) is 19.4 Å². The molecule has 0 rings (SSSR count). The Morgan fingerprint density at radius 2 is 0.821 bits per heavy atom. The second-order valence-electron chi connectivity index (χ2n) is 21.4. The molecule has 0 saturated carbocycles. The number of aliphatic hydroxyl groups is 1. The van der Waals surface area contributed by atoms with Crippen LogP contribution in [0, 0.1) is 0 Å². The Morgan fingerprint density at radius 1 is 0.493 bits per heavy atom. The van der Waals surface area contributed by atoms with E-state index in [0.29, 0.717) is 17.4 Å².